The number of nitrogens with one attached hydrogen (secondary N) is 1. The minimum atomic E-state index is -0.801. The van der Waals surface area contributed by atoms with Crippen LogP contribution >= 0.6 is 12.4 Å². The molecule has 1 aliphatic rings. The minimum Gasteiger partial charge on any atom is -0.344 e. The molecule has 1 aromatic rings. The number of likely N-dealkylation sites (N-methyl/N-ethyl adjacent to an activating group) is 2. The van der Waals surface area contributed by atoms with E-state index >= 15 is 0 Å². The molecule has 5 nitrogen and oxygen atoms in total. The third-order valence-electron chi connectivity index (χ3n) is 3.75. The maximum absolute atomic E-state index is 13.8. The van der Waals surface area contributed by atoms with Gasteiger partial charge in [0.1, 0.15) is 11.6 Å². The van der Waals surface area contributed by atoms with E-state index in [0.717, 1.165) is 12.1 Å². The molecule has 8 heteroatoms. The Balaban J connectivity index is 0.00000264. The smallest absolute Gasteiger partial charge is 0.227 e. The van der Waals surface area contributed by atoms with Gasteiger partial charge in [-0.05, 0) is 19.2 Å². The van der Waals surface area contributed by atoms with Crippen molar-refractivity contribution in [1.29, 1.82) is 0 Å². The van der Waals surface area contributed by atoms with Crippen LogP contribution in [0.4, 0.5) is 14.5 Å². The summed E-state index contributed by atoms with van der Waals surface area (Å²) in [5.74, 6) is -2.48. The van der Waals surface area contributed by atoms with Crippen LogP contribution in [0.15, 0.2) is 18.2 Å². The molecule has 1 unspecified atom stereocenters. The molecule has 1 aromatic carbocycles. The van der Waals surface area contributed by atoms with Crippen molar-refractivity contribution in [1.82, 2.24) is 10.2 Å². The van der Waals surface area contributed by atoms with Gasteiger partial charge in [-0.1, -0.05) is 0 Å². The van der Waals surface area contributed by atoms with Gasteiger partial charge in [0.25, 0.3) is 0 Å². The van der Waals surface area contributed by atoms with E-state index in [4.69, 9.17) is 0 Å². The quantitative estimate of drug-likeness (QED) is 0.876. The van der Waals surface area contributed by atoms with Crippen LogP contribution in [0.3, 0.4) is 0 Å². The number of amides is 2. The first-order valence-electron chi connectivity index (χ1n) is 7.09. The Kier molecular flexibility index (Phi) is 6.90. The Morgan fingerprint density at radius 3 is 2.74 bits per heavy atom. The molecule has 1 atom stereocenters. The Morgan fingerprint density at radius 2 is 2.13 bits per heavy atom. The predicted molar refractivity (Wildman–Crippen MR) is 85.6 cm³/mol. The molecule has 1 N–H and O–H groups in total. The van der Waals surface area contributed by atoms with Gasteiger partial charge < -0.3 is 15.1 Å². The zero-order chi connectivity index (χ0) is 16.3. The van der Waals surface area contributed by atoms with Crippen LogP contribution in [-0.2, 0) is 9.59 Å². The molecule has 23 heavy (non-hydrogen) atoms. The van der Waals surface area contributed by atoms with E-state index in [1.54, 1.807) is 19.0 Å². The maximum Gasteiger partial charge on any atom is 0.227 e. The summed E-state index contributed by atoms with van der Waals surface area (Å²) in [5.41, 5.74) is 0.0135. The first-order chi connectivity index (χ1) is 10.4. The molecule has 1 fully saturated rings. The number of anilines is 1. The van der Waals surface area contributed by atoms with Crippen LogP contribution in [-0.4, -0.2) is 50.4 Å². The lowest BCUT2D eigenvalue weighted by molar-refractivity contribution is -0.134. The lowest BCUT2D eigenvalue weighted by Gasteiger charge is -2.21. The van der Waals surface area contributed by atoms with E-state index in [1.807, 2.05) is 0 Å². The molecular weight excluding hydrogens is 328 g/mol. The average molecular weight is 348 g/mol. The van der Waals surface area contributed by atoms with Gasteiger partial charge in [-0.2, -0.15) is 0 Å². The fourth-order valence-corrected chi connectivity index (χ4v) is 2.51. The van der Waals surface area contributed by atoms with Crippen molar-refractivity contribution in [2.75, 3.05) is 38.6 Å². The van der Waals surface area contributed by atoms with Gasteiger partial charge >= 0.3 is 0 Å². The van der Waals surface area contributed by atoms with E-state index < -0.39 is 17.6 Å². The maximum atomic E-state index is 13.8. The molecule has 1 heterocycles. The molecule has 0 spiro atoms. The summed E-state index contributed by atoms with van der Waals surface area (Å²) in [6.45, 7) is 1.30. The number of hydrogen-bond acceptors (Lipinski definition) is 3. The normalized spacial score (nSPS) is 17.1. The third kappa shape index (κ3) is 4.39. The molecule has 0 aromatic heterocycles. The highest BCUT2D eigenvalue weighted by Gasteiger charge is 2.37. The van der Waals surface area contributed by atoms with Crippen molar-refractivity contribution >= 4 is 29.9 Å². The summed E-state index contributed by atoms with van der Waals surface area (Å²) in [4.78, 5) is 27.1. The fraction of sp³-hybridized carbons (Fsp3) is 0.467. The largest absolute Gasteiger partial charge is 0.344 e. The van der Waals surface area contributed by atoms with Crippen LogP contribution in [0.5, 0.6) is 0 Å². The molecule has 1 aliphatic heterocycles. The summed E-state index contributed by atoms with van der Waals surface area (Å²) in [5, 5.41) is 2.94. The summed E-state index contributed by atoms with van der Waals surface area (Å²) in [7, 11) is 3.46. The van der Waals surface area contributed by atoms with Crippen LogP contribution in [0.25, 0.3) is 0 Å². The van der Waals surface area contributed by atoms with Gasteiger partial charge in [-0.15, -0.1) is 12.4 Å². The number of halogens is 3. The topological polar surface area (TPSA) is 52.7 Å². The van der Waals surface area contributed by atoms with Crippen LogP contribution in [0.2, 0.25) is 0 Å². The minimum absolute atomic E-state index is 0. The second kappa shape index (κ2) is 8.21. The highest BCUT2D eigenvalue weighted by Crippen LogP contribution is 2.28. The molecule has 0 radical (unpaired) electrons. The first-order valence-corrected chi connectivity index (χ1v) is 7.09. The fourth-order valence-electron chi connectivity index (χ4n) is 2.51. The number of carbonyl (C=O) groups is 2. The average Bonchev–Trinajstić information content (AvgIpc) is 2.85. The number of carbonyl (C=O) groups excluding carboxylic acids is 2. The summed E-state index contributed by atoms with van der Waals surface area (Å²) < 4.78 is 26.7. The number of rotatable bonds is 5. The molecule has 2 rings (SSSR count). The van der Waals surface area contributed by atoms with Gasteiger partial charge in [-0.3, -0.25) is 9.59 Å². The van der Waals surface area contributed by atoms with Crippen molar-refractivity contribution in [3.05, 3.63) is 29.8 Å². The van der Waals surface area contributed by atoms with Gasteiger partial charge in [0.2, 0.25) is 11.8 Å². The van der Waals surface area contributed by atoms with Crippen molar-refractivity contribution in [2.45, 2.75) is 6.42 Å². The lowest BCUT2D eigenvalue weighted by Crippen LogP contribution is -2.38. The molecular formula is C15H20ClF2N3O2. The van der Waals surface area contributed by atoms with E-state index in [0.29, 0.717) is 13.1 Å². The van der Waals surface area contributed by atoms with Gasteiger partial charge in [0, 0.05) is 39.2 Å². The van der Waals surface area contributed by atoms with E-state index in [2.05, 4.69) is 5.32 Å². The van der Waals surface area contributed by atoms with Crippen molar-refractivity contribution in [2.24, 2.45) is 5.92 Å². The van der Waals surface area contributed by atoms with Gasteiger partial charge in [-0.25, -0.2) is 8.78 Å². The van der Waals surface area contributed by atoms with Crippen molar-refractivity contribution < 1.29 is 18.4 Å². The summed E-state index contributed by atoms with van der Waals surface area (Å²) in [6, 6.07) is 3.05. The first kappa shape index (κ1) is 19.3. The molecule has 2 amide bonds. The standard InChI is InChI=1S/C15H19F2N3O2.ClH/c1-18-5-6-19(2)15(22)10-7-14(21)20(9-10)13-4-3-11(16)8-12(13)17;/h3-4,8,10,18H,5-7,9H2,1-2H3;1H. The second-order valence-corrected chi connectivity index (χ2v) is 5.36. The molecule has 0 saturated carbocycles. The Hall–Kier alpha value is -1.73. The monoisotopic (exact) mass is 347 g/mol. The van der Waals surface area contributed by atoms with Crippen LogP contribution < -0.4 is 10.2 Å². The molecule has 1 saturated heterocycles. The highest BCUT2D eigenvalue weighted by molar-refractivity contribution is 6.00. The van der Waals surface area contributed by atoms with Crippen LogP contribution in [0, 0.1) is 17.6 Å². The van der Waals surface area contributed by atoms with Crippen molar-refractivity contribution in [3.63, 3.8) is 0 Å². The number of benzene rings is 1. The van der Waals surface area contributed by atoms with Crippen LogP contribution in [0.1, 0.15) is 6.42 Å². The molecule has 128 valence electrons. The molecule has 0 aliphatic carbocycles. The summed E-state index contributed by atoms with van der Waals surface area (Å²) in [6.07, 6.45) is 0.0412. The Labute approximate surface area is 140 Å². The van der Waals surface area contributed by atoms with Gasteiger partial charge in [0.15, 0.2) is 0 Å². The number of nitrogens with zero attached hydrogens (tertiary/aromatic N) is 2. The highest BCUT2D eigenvalue weighted by atomic mass is 35.5. The third-order valence-corrected chi connectivity index (χ3v) is 3.75. The van der Waals surface area contributed by atoms with E-state index in [1.165, 1.54) is 11.0 Å². The Bertz CT molecular complexity index is 586. The Morgan fingerprint density at radius 1 is 1.43 bits per heavy atom. The molecule has 0 bridgehead atoms. The van der Waals surface area contributed by atoms with E-state index in [9.17, 15) is 18.4 Å². The SMILES string of the molecule is CNCCN(C)C(=O)C1CC(=O)N(c2ccc(F)cc2F)C1.Cl. The van der Waals surface area contributed by atoms with Crippen molar-refractivity contribution in [3.8, 4) is 0 Å². The lowest BCUT2D eigenvalue weighted by atomic mass is 10.1. The second-order valence-electron chi connectivity index (χ2n) is 5.36. The van der Waals surface area contributed by atoms with E-state index in [-0.39, 0.29) is 42.9 Å². The zero-order valence-electron chi connectivity index (χ0n) is 13.0. The predicted octanol–water partition coefficient (Wildman–Crippen LogP) is 1.42. The van der Waals surface area contributed by atoms with Gasteiger partial charge in [0.05, 0.1) is 11.6 Å². The number of hydrogen-bond donors (Lipinski definition) is 1. The zero-order valence-corrected chi connectivity index (χ0v) is 13.8. The summed E-state index contributed by atoms with van der Waals surface area (Å²) >= 11 is 0.